The first kappa shape index (κ1) is 13.0. The molecule has 2 rings (SSSR count). The Labute approximate surface area is 114 Å². The van der Waals surface area contributed by atoms with Gasteiger partial charge in [0.2, 0.25) is 0 Å². The summed E-state index contributed by atoms with van der Waals surface area (Å²) in [5.41, 5.74) is 4.80. The molecule has 0 bridgehead atoms. The molecular weight excluding hydrogens is 242 g/mol. The van der Waals surface area contributed by atoms with Crippen molar-refractivity contribution in [1.82, 2.24) is 0 Å². The van der Waals surface area contributed by atoms with Crippen molar-refractivity contribution in [3.63, 3.8) is 0 Å². The van der Waals surface area contributed by atoms with Gasteiger partial charge in [-0.3, -0.25) is 0 Å². The van der Waals surface area contributed by atoms with Crippen LogP contribution in [-0.4, -0.2) is 0 Å². The fourth-order valence-electron chi connectivity index (χ4n) is 2.03. The maximum absolute atomic E-state index is 6.22. The Hall–Kier alpha value is -1.47. The van der Waals surface area contributed by atoms with Crippen LogP contribution < -0.4 is 5.32 Å². The molecular formula is C16H18ClN. The number of hydrogen-bond donors (Lipinski definition) is 1. The van der Waals surface area contributed by atoms with Crippen LogP contribution in [0.4, 0.5) is 5.69 Å². The quantitative estimate of drug-likeness (QED) is 0.806. The summed E-state index contributed by atoms with van der Waals surface area (Å²) in [5, 5.41) is 4.33. The Balaban J connectivity index is 2.24. The number of rotatable bonds is 3. The van der Waals surface area contributed by atoms with Crippen molar-refractivity contribution in [2.45, 2.75) is 26.8 Å². The highest BCUT2D eigenvalue weighted by Crippen LogP contribution is 2.27. The molecule has 2 heteroatoms. The second kappa shape index (κ2) is 5.45. The molecule has 2 aromatic carbocycles. The molecule has 0 amide bonds. The Bertz CT molecular complexity index is 549. The van der Waals surface area contributed by atoms with E-state index in [0.29, 0.717) is 0 Å². The molecule has 0 saturated heterocycles. The summed E-state index contributed by atoms with van der Waals surface area (Å²) in [7, 11) is 0. The lowest BCUT2D eigenvalue weighted by atomic mass is 10.1. The summed E-state index contributed by atoms with van der Waals surface area (Å²) in [4.78, 5) is 0. The van der Waals surface area contributed by atoms with Crippen LogP contribution in [0, 0.1) is 13.8 Å². The minimum Gasteiger partial charge on any atom is -0.378 e. The highest BCUT2D eigenvalue weighted by molar-refractivity contribution is 6.31. The fourth-order valence-corrected chi connectivity index (χ4v) is 2.33. The highest BCUT2D eigenvalue weighted by Gasteiger charge is 2.09. The molecule has 94 valence electrons. The van der Waals surface area contributed by atoms with Crippen LogP contribution in [0.15, 0.2) is 42.5 Å². The first-order valence-electron chi connectivity index (χ1n) is 6.16. The van der Waals surface area contributed by atoms with Gasteiger partial charge in [0.05, 0.1) is 0 Å². The third-order valence-electron chi connectivity index (χ3n) is 3.14. The standard InChI is InChI=1S/C16H18ClN/c1-11-8-9-12(2)16(10-11)18-13(3)14-6-4-5-7-15(14)17/h4-10,13,18H,1-3H3. The molecule has 1 atom stereocenters. The van der Waals surface area contributed by atoms with E-state index in [4.69, 9.17) is 11.6 Å². The maximum atomic E-state index is 6.22. The molecule has 0 radical (unpaired) electrons. The molecule has 0 fully saturated rings. The fraction of sp³-hybridized carbons (Fsp3) is 0.250. The van der Waals surface area contributed by atoms with Gasteiger partial charge in [0.15, 0.2) is 0 Å². The Morgan fingerprint density at radius 1 is 1.06 bits per heavy atom. The number of anilines is 1. The molecule has 0 aromatic heterocycles. The molecule has 0 spiro atoms. The predicted octanol–water partition coefficient (Wildman–Crippen LogP) is 5.13. The lowest BCUT2D eigenvalue weighted by molar-refractivity contribution is 0.882. The summed E-state index contributed by atoms with van der Waals surface area (Å²) in [6, 6.07) is 14.6. The molecule has 0 saturated carbocycles. The molecule has 0 aliphatic carbocycles. The van der Waals surface area contributed by atoms with Crippen molar-refractivity contribution in [3.05, 3.63) is 64.2 Å². The van der Waals surface area contributed by atoms with Gasteiger partial charge in [-0.25, -0.2) is 0 Å². The smallest absolute Gasteiger partial charge is 0.0500 e. The van der Waals surface area contributed by atoms with Crippen LogP contribution in [0.25, 0.3) is 0 Å². The largest absolute Gasteiger partial charge is 0.378 e. The van der Waals surface area contributed by atoms with E-state index in [0.717, 1.165) is 10.6 Å². The monoisotopic (exact) mass is 259 g/mol. The van der Waals surface area contributed by atoms with E-state index in [2.05, 4.69) is 50.4 Å². The SMILES string of the molecule is Cc1ccc(C)c(NC(C)c2ccccc2Cl)c1. The van der Waals surface area contributed by atoms with Gasteiger partial charge in [0.1, 0.15) is 0 Å². The first-order chi connectivity index (χ1) is 8.58. The van der Waals surface area contributed by atoms with E-state index < -0.39 is 0 Å². The minimum atomic E-state index is 0.194. The first-order valence-corrected chi connectivity index (χ1v) is 6.54. The maximum Gasteiger partial charge on any atom is 0.0500 e. The zero-order valence-corrected chi connectivity index (χ0v) is 11.8. The number of benzene rings is 2. The van der Waals surface area contributed by atoms with E-state index in [9.17, 15) is 0 Å². The number of nitrogens with one attached hydrogen (secondary N) is 1. The zero-order valence-electron chi connectivity index (χ0n) is 11.0. The molecule has 0 heterocycles. The van der Waals surface area contributed by atoms with Gasteiger partial charge in [0, 0.05) is 16.8 Å². The Morgan fingerprint density at radius 3 is 2.50 bits per heavy atom. The Kier molecular flexibility index (Phi) is 3.93. The molecule has 1 unspecified atom stereocenters. The molecule has 1 nitrogen and oxygen atoms in total. The molecule has 18 heavy (non-hydrogen) atoms. The average molecular weight is 260 g/mol. The van der Waals surface area contributed by atoms with Crippen molar-refractivity contribution in [2.24, 2.45) is 0 Å². The van der Waals surface area contributed by atoms with Gasteiger partial charge < -0.3 is 5.32 Å². The van der Waals surface area contributed by atoms with E-state index in [-0.39, 0.29) is 6.04 Å². The summed E-state index contributed by atoms with van der Waals surface area (Å²) >= 11 is 6.22. The lowest BCUT2D eigenvalue weighted by Gasteiger charge is -2.19. The van der Waals surface area contributed by atoms with Crippen molar-refractivity contribution >= 4 is 17.3 Å². The third kappa shape index (κ3) is 2.85. The predicted molar refractivity (Wildman–Crippen MR) is 79.4 cm³/mol. The summed E-state index contributed by atoms with van der Waals surface area (Å²) < 4.78 is 0. The number of hydrogen-bond acceptors (Lipinski definition) is 1. The van der Waals surface area contributed by atoms with Crippen molar-refractivity contribution < 1.29 is 0 Å². The normalized spacial score (nSPS) is 12.2. The van der Waals surface area contributed by atoms with Gasteiger partial charge in [-0.15, -0.1) is 0 Å². The minimum absolute atomic E-state index is 0.194. The molecule has 1 N–H and O–H groups in total. The molecule has 0 aliphatic heterocycles. The van der Waals surface area contributed by atoms with Crippen LogP contribution in [-0.2, 0) is 0 Å². The summed E-state index contributed by atoms with van der Waals surface area (Å²) in [6.07, 6.45) is 0. The zero-order chi connectivity index (χ0) is 13.1. The van der Waals surface area contributed by atoms with Crippen LogP contribution in [0.3, 0.4) is 0 Å². The highest BCUT2D eigenvalue weighted by atomic mass is 35.5. The molecule has 0 aliphatic rings. The molecule has 2 aromatic rings. The lowest BCUT2D eigenvalue weighted by Crippen LogP contribution is -2.08. The third-order valence-corrected chi connectivity index (χ3v) is 3.48. The van der Waals surface area contributed by atoms with Crippen LogP contribution in [0.2, 0.25) is 5.02 Å². The topological polar surface area (TPSA) is 12.0 Å². The summed E-state index contributed by atoms with van der Waals surface area (Å²) in [6.45, 7) is 6.34. The van der Waals surface area contributed by atoms with Crippen molar-refractivity contribution in [1.29, 1.82) is 0 Å². The van der Waals surface area contributed by atoms with E-state index in [1.807, 2.05) is 18.2 Å². The van der Waals surface area contributed by atoms with Crippen LogP contribution >= 0.6 is 11.6 Å². The average Bonchev–Trinajstić information content (AvgIpc) is 2.34. The van der Waals surface area contributed by atoms with Gasteiger partial charge in [-0.05, 0) is 49.6 Å². The van der Waals surface area contributed by atoms with Crippen LogP contribution in [0.1, 0.15) is 29.7 Å². The number of aryl methyl sites for hydroxylation is 2. The van der Waals surface area contributed by atoms with E-state index >= 15 is 0 Å². The Morgan fingerprint density at radius 2 is 1.78 bits per heavy atom. The van der Waals surface area contributed by atoms with Gasteiger partial charge in [0.25, 0.3) is 0 Å². The van der Waals surface area contributed by atoms with Gasteiger partial charge in [-0.1, -0.05) is 41.9 Å². The number of halogens is 1. The summed E-state index contributed by atoms with van der Waals surface area (Å²) in [5.74, 6) is 0. The van der Waals surface area contributed by atoms with Crippen molar-refractivity contribution in [2.75, 3.05) is 5.32 Å². The second-order valence-corrected chi connectivity index (χ2v) is 5.11. The van der Waals surface area contributed by atoms with Crippen molar-refractivity contribution in [3.8, 4) is 0 Å². The van der Waals surface area contributed by atoms with Gasteiger partial charge >= 0.3 is 0 Å². The second-order valence-electron chi connectivity index (χ2n) is 4.71. The van der Waals surface area contributed by atoms with E-state index in [1.54, 1.807) is 0 Å². The van der Waals surface area contributed by atoms with Crippen LogP contribution in [0.5, 0.6) is 0 Å². The van der Waals surface area contributed by atoms with E-state index in [1.165, 1.54) is 16.8 Å². The van der Waals surface area contributed by atoms with Gasteiger partial charge in [-0.2, -0.15) is 0 Å².